The lowest BCUT2D eigenvalue weighted by molar-refractivity contribution is -0.126. The minimum atomic E-state index is -1.85. The van der Waals surface area contributed by atoms with Gasteiger partial charge in [-0.25, -0.2) is 4.79 Å². The lowest BCUT2D eigenvalue weighted by Gasteiger charge is -2.38. The normalized spacial score (nSPS) is 17.2. The number of aryl methyl sites for hydroxylation is 1. The number of nitrogens with one attached hydrogen (secondary N) is 2. The summed E-state index contributed by atoms with van der Waals surface area (Å²) in [4.78, 5) is 70.1. The van der Waals surface area contributed by atoms with Crippen LogP contribution in [0.15, 0.2) is 84.9 Å². The Labute approximate surface area is 457 Å². The zero-order valence-corrected chi connectivity index (χ0v) is 45.0. The van der Waals surface area contributed by atoms with Crippen LogP contribution in [-0.4, -0.2) is 76.1 Å². The number of methoxy groups -OCH3 is 1. The number of esters is 1. The molecule has 17 heteroatoms. The van der Waals surface area contributed by atoms with E-state index < -0.39 is 29.7 Å². The average Bonchev–Trinajstić information content (AvgIpc) is 4.22. The van der Waals surface area contributed by atoms with Crippen LogP contribution in [0.1, 0.15) is 143 Å². The highest BCUT2D eigenvalue weighted by molar-refractivity contribution is 6.35. The monoisotopic (exact) mass is 1090 g/mol. The van der Waals surface area contributed by atoms with E-state index in [-0.39, 0.29) is 103 Å². The van der Waals surface area contributed by atoms with Crippen molar-refractivity contribution >= 4 is 69.3 Å². The van der Waals surface area contributed by atoms with Gasteiger partial charge in [-0.1, -0.05) is 86.1 Å². The molecule has 77 heavy (non-hydrogen) atoms. The number of aliphatic hydroxyl groups excluding tert-OH is 1. The number of aromatic hydroxyl groups is 2. The molecule has 1 aromatic heterocycles. The Kier molecular flexibility index (Phi) is 16.8. The predicted molar refractivity (Wildman–Crippen MR) is 294 cm³/mol. The number of ketones is 1. The first-order chi connectivity index (χ1) is 37.2. The zero-order chi connectivity index (χ0) is 54.5. The number of amides is 3. The number of rotatable bonds is 21. The van der Waals surface area contributed by atoms with Crippen LogP contribution in [0.4, 0.5) is 5.69 Å². The van der Waals surface area contributed by atoms with E-state index in [9.17, 15) is 39.3 Å². The quantitative estimate of drug-likeness (QED) is 0.0260. The maximum Gasteiger partial charge on any atom is 0.340 e. The van der Waals surface area contributed by atoms with Crippen LogP contribution in [0.25, 0.3) is 10.9 Å². The molecular weight excluding hydrogens is 1020 g/mol. The van der Waals surface area contributed by atoms with Crippen molar-refractivity contribution in [1.82, 2.24) is 15.2 Å². The second-order valence-electron chi connectivity index (χ2n) is 20.1. The lowest BCUT2D eigenvalue weighted by atomic mass is 9.76. The number of ether oxygens (including phenoxy) is 3. The van der Waals surface area contributed by atoms with Crippen molar-refractivity contribution in [2.45, 2.75) is 110 Å². The number of aromatic nitrogens is 1. The number of hydrogen-bond donors (Lipinski definition) is 5. The van der Waals surface area contributed by atoms with Crippen LogP contribution >= 0.6 is 23.2 Å². The molecule has 5 N–H and O–H groups in total. The minimum Gasteiger partial charge on any atom is -0.506 e. The molecule has 3 heterocycles. The van der Waals surface area contributed by atoms with Gasteiger partial charge in [0.2, 0.25) is 11.8 Å². The fraction of sp³-hybridized carbons (Fsp3) is 0.383. The number of nitrogens with zero attached hydrogens (tertiary/aromatic N) is 2. The SMILES string of the molecule is CCc1cccc(N(CC)C(=O)Cn2c(C(=O)CC3CCC(C(=O)NCCCCCCCCNC(=O)c4ccc5c(c4)C4(OC5=O)c5cc(CO)c(O)c(Cl)c5Oc5c4cc(OC)c(O)c5Cl)CC3)cc3ccccc32)c1. The number of unbranched alkanes of at least 4 members (excludes halogenated alkanes) is 5. The van der Waals surface area contributed by atoms with E-state index in [1.54, 1.807) is 4.90 Å². The third-order valence-electron chi connectivity index (χ3n) is 15.4. The molecule has 1 aliphatic carbocycles. The third kappa shape index (κ3) is 10.8. The van der Waals surface area contributed by atoms with E-state index >= 15 is 0 Å². The Balaban J connectivity index is 0.713. The van der Waals surface area contributed by atoms with Gasteiger partial charge in [-0.15, -0.1) is 0 Å². The van der Waals surface area contributed by atoms with Crippen LogP contribution in [0.5, 0.6) is 28.7 Å². The Hall–Kier alpha value is -7.07. The van der Waals surface area contributed by atoms with Gasteiger partial charge in [-0.2, -0.15) is 0 Å². The number of likely N-dealkylation sites (N-methyl/N-ethyl adjacent to an activating group) is 1. The number of anilines is 1. The molecule has 3 amide bonds. The summed E-state index contributed by atoms with van der Waals surface area (Å²) in [5.41, 5.74) is 2.53. The van der Waals surface area contributed by atoms with Crippen molar-refractivity contribution < 1.29 is 53.5 Å². The van der Waals surface area contributed by atoms with Crippen molar-refractivity contribution in [3.63, 3.8) is 0 Å². The van der Waals surface area contributed by atoms with Crippen molar-refractivity contribution in [1.29, 1.82) is 0 Å². The van der Waals surface area contributed by atoms with E-state index in [0.717, 1.165) is 92.8 Å². The fourth-order valence-electron chi connectivity index (χ4n) is 11.2. The molecule has 0 radical (unpaired) electrons. The number of halogens is 2. The molecule has 15 nitrogen and oxygen atoms in total. The Bertz CT molecular complexity index is 3190. The molecule has 0 saturated heterocycles. The number of fused-ring (bicyclic) bond motifs is 7. The number of hydrogen-bond acceptors (Lipinski definition) is 11. The molecule has 1 saturated carbocycles. The summed E-state index contributed by atoms with van der Waals surface area (Å²) in [6.45, 7) is 5.01. The summed E-state index contributed by atoms with van der Waals surface area (Å²) in [6, 6.07) is 25.1. The first kappa shape index (κ1) is 54.7. The molecule has 1 atom stereocenters. The van der Waals surface area contributed by atoms with E-state index in [0.29, 0.717) is 31.7 Å². The van der Waals surface area contributed by atoms with Crippen LogP contribution in [-0.2, 0) is 39.5 Å². The smallest absolute Gasteiger partial charge is 0.340 e. The van der Waals surface area contributed by atoms with Gasteiger partial charge in [0.15, 0.2) is 34.4 Å². The molecule has 1 unspecified atom stereocenters. The average molecular weight is 1090 g/mol. The largest absolute Gasteiger partial charge is 0.506 e. The first-order valence-electron chi connectivity index (χ1n) is 26.6. The molecule has 0 bridgehead atoms. The topological polar surface area (TPSA) is 206 Å². The van der Waals surface area contributed by atoms with Crippen molar-refractivity contribution in [3.05, 3.63) is 140 Å². The number of para-hydroxylation sites is 1. The Morgan fingerprint density at radius 1 is 0.792 bits per heavy atom. The summed E-state index contributed by atoms with van der Waals surface area (Å²) in [5, 5.41) is 38.2. The Morgan fingerprint density at radius 3 is 2.18 bits per heavy atom. The van der Waals surface area contributed by atoms with Crippen molar-refractivity contribution in [2.24, 2.45) is 11.8 Å². The van der Waals surface area contributed by atoms with Gasteiger partial charge in [0.05, 0.1) is 30.5 Å². The number of phenolic OH excluding ortho intramolecular Hbond substituents is 1. The molecule has 3 aliphatic rings. The number of phenols is 2. The molecule has 1 spiro atoms. The highest BCUT2D eigenvalue weighted by atomic mass is 35.5. The summed E-state index contributed by atoms with van der Waals surface area (Å²) in [5.74, 6) is -2.21. The van der Waals surface area contributed by atoms with Gasteiger partial charge in [-0.05, 0) is 118 Å². The summed E-state index contributed by atoms with van der Waals surface area (Å²) in [6.07, 6.45) is 9.62. The number of aliphatic hydroxyl groups is 1. The highest BCUT2D eigenvalue weighted by Crippen LogP contribution is 2.62. The summed E-state index contributed by atoms with van der Waals surface area (Å²) < 4.78 is 19.5. The van der Waals surface area contributed by atoms with Gasteiger partial charge >= 0.3 is 5.97 Å². The molecule has 1 fully saturated rings. The Morgan fingerprint density at radius 2 is 1.48 bits per heavy atom. The van der Waals surface area contributed by atoms with Crippen LogP contribution in [0, 0.1) is 11.8 Å². The molecule has 9 rings (SSSR count). The lowest BCUT2D eigenvalue weighted by Crippen LogP contribution is -2.35. The van der Waals surface area contributed by atoms with Crippen LogP contribution in [0.3, 0.4) is 0 Å². The summed E-state index contributed by atoms with van der Waals surface area (Å²) >= 11 is 13.2. The maximum atomic E-state index is 14.0. The number of benzene rings is 5. The third-order valence-corrected chi connectivity index (χ3v) is 16.1. The standard InChI is InChI=1S/C60H64Cl2N4O11/c1-4-35-15-14-17-41(27-35)65(5-2)50(69)33-66-46-18-11-10-16-38(46)31-47(66)48(68)28-36-19-21-37(22-20-36)57(72)63-25-12-8-6-7-9-13-26-64-58(73)39-23-24-42-43(29-39)60(77-59(42)74)44-30-40(34-67)53(70)51(61)55(44)76-56-45(60)32-49(75-3)54(71)52(56)62/h10-11,14-18,23-24,27,29-32,36-37,67,70-71H,4-9,12-13,19-22,25-26,28,33-34H2,1-3H3,(H,63,72)(H,64,73). The van der Waals surface area contributed by atoms with Gasteiger partial charge < -0.3 is 49.6 Å². The van der Waals surface area contributed by atoms with Gasteiger partial charge in [0.1, 0.15) is 22.3 Å². The van der Waals surface area contributed by atoms with Gasteiger partial charge in [-0.3, -0.25) is 19.2 Å². The van der Waals surface area contributed by atoms with E-state index in [4.69, 9.17) is 37.4 Å². The fourth-order valence-corrected chi connectivity index (χ4v) is 11.7. The second kappa shape index (κ2) is 23.7. The minimum absolute atomic E-state index is 0.0176. The molecule has 6 aromatic rings. The van der Waals surface area contributed by atoms with Crippen molar-refractivity contribution in [2.75, 3.05) is 31.6 Å². The number of Topliss-reactive ketones (excluding diaryl/α,β-unsaturated/α-hetero) is 1. The molecule has 2 aliphatic heterocycles. The van der Waals surface area contributed by atoms with Crippen LogP contribution < -0.4 is 25.0 Å². The predicted octanol–water partition coefficient (Wildman–Crippen LogP) is 11.3. The number of carbonyl (C=O) groups excluding carboxylic acids is 5. The number of carbonyl (C=O) groups is 5. The van der Waals surface area contributed by atoms with E-state index in [1.165, 1.54) is 37.4 Å². The van der Waals surface area contributed by atoms with Gasteiger partial charge in [0, 0.05) is 70.8 Å². The summed E-state index contributed by atoms with van der Waals surface area (Å²) in [7, 11) is 1.33. The molecular formula is C60H64Cl2N4O11. The highest BCUT2D eigenvalue weighted by Gasteiger charge is 2.56. The van der Waals surface area contributed by atoms with Crippen molar-refractivity contribution in [3.8, 4) is 28.7 Å². The molecule has 5 aromatic carbocycles. The van der Waals surface area contributed by atoms with Crippen LogP contribution in [0.2, 0.25) is 10.0 Å². The van der Waals surface area contributed by atoms with E-state index in [2.05, 4.69) is 29.7 Å². The maximum absolute atomic E-state index is 14.0. The second-order valence-corrected chi connectivity index (χ2v) is 20.9. The molecule has 404 valence electrons. The van der Waals surface area contributed by atoms with E-state index in [1.807, 2.05) is 54.0 Å². The first-order valence-corrected chi connectivity index (χ1v) is 27.4. The van der Waals surface area contributed by atoms with Gasteiger partial charge in [0.25, 0.3) is 5.91 Å². The zero-order valence-electron chi connectivity index (χ0n) is 43.5.